The smallest absolute Gasteiger partial charge is 0.344 e. The highest BCUT2D eigenvalue weighted by atomic mass is 35.5. The zero-order valence-electron chi connectivity index (χ0n) is 12.6. The Morgan fingerprint density at radius 2 is 1.83 bits per heavy atom. The minimum Gasteiger partial charge on any atom is -0.344 e. The van der Waals surface area contributed by atoms with Gasteiger partial charge in [-0.3, -0.25) is 4.79 Å². The van der Waals surface area contributed by atoms with Crippen molar-refractivity contribution in [1.82, 2.24) is 9.97 Å². The van der Waals surface area contributed by atoms with E-state index in [4.69, 9.17) is 32.8 Å². The highest BCUT2D eigenvalue weighted by Gasteiger charge is 2.15. The molecule has 0 aliphatic rings. The number of pyridine rings is 1. The van der Waals surface area contributed by atoms with Crippen molar-refractivity contribution in [2.45, 2.75) is 13.3 Å². The number of H-pyrrole nitrogens is 1. The summed E-state index contributed by atoms with van der Waals surface area (Å²) < 4.78 is 0. The van der Waals surface area contributed by atoms with Crippen LogP contribution in [0, 0.1) is 6.92 Å². The van der Waals surface area contributed by atoms with Crippen LogP contribution in [-0.2, 0) is 16.0 Å². The van der Waals surface area contributed by atoms with E-state index >= 15 is 0 Å². The maximum absolute atomic E-state index is 12.4. The van der Waals surface area contributed by atoms with E-state index in [2.05, 4.69) is 9.97 Å². The summed E-state index contributed by atoms with van der Waals surface area (Å²) in [5.41, 5.74) is 3.06. The Morgan fingerprint density at radius 3 is 2.46 bits per heavy atom. The summed E-state index contributed by atoms with van der Waals surface area (Å²) in [7, 11) is 0. The van der Waals surface area contributed by atoms with Gasteiger partial charge in [0.25, 0.3) is 0 Å². The number of halogens is 2. The van der Waals surface area contributed by atoms with E-state index in [0.717, 1.165) is 22.3 Å². The van der Waals surface area contributed by atoms with Crippen molar-refractivity contribution < 1.29 is 14.4 Å². The molecule has 0 fully saturated rings. The van der Waals surface area contributed by atoms with Crippen LogP contribution in [-0.4, -0.2) is 21.9 Å². The molecule has 122 valence electrons. The van der Waals surface area contributed by atoms with Crippen molar-refractivity contribution in [2.75, 3.05) is 0 Å². The van der Waals surface area contributed by atoms with Crippen LogP contribution in [0.2, 0.25) is 10.0 Å². The van der Waals surface area contributed by atoms with Crippen LogP contribution in [0.3, 0.4) is 0 Å². The van der Waals surface area contributed by atoms with Crippen LogP contribution in [0.4, 0.5) is 0 Å². The van der Waals surface area contributed by atoms with Crippen molar-refractivity contribution in [3.63, 3.8) is 0 Å². The summed E-state index contributed by atoms with van der Waals surface area (Å²) in [6.07, 6.45) is 2.16. The minimum absolute atomic E-state index is 0.112. The highest BCUT2D eigenvalue weighted by Crippen LogP contribution is 2.26. The predicted molar refractivity (Wildman–Crippen MR) is 90.3 cm³/mol. The number of hydrogen-bond donors (Lipinski definition) is 1. The second kappa shape index (κ2) is 7.88. The molecule has 5 nitrogen and oxygen atoms in total. The van der Waals surface area contributed by atoms with Crippen molar-refractivity contribution in [2.24, 2.45) is 0 Å². The maximum atomic E-state index is 12.4. The average Bonchev–Trinajstić information content (AvgIpc) is 2.87. The fourth-order valence-corrected chi connectivity index (χ4v) is 2.94. The molecule has 0 aliphatic carbocycles. The van der Waals surface area contributed by atoms with Gasteiger partial charge in [0.05, 0.1) is 15.6 Å². The third kappa shape index (κ3) is 4.09. The zero-order valence-corrected chi connectivity index (χ0v) is 14.1. The number of nitrogens with zero attached hydrogens (tertiary/aromatic N) is 1. The Kier molecular flexibility index (Phi) is 5.88. The summed E-state index contributed by atoms with van der Waals surface area (Å²) in [6.45, 7) is 1.97. The maximum Gasteiger partial charge on any atom is 0.373 e. The van der Waals surface area contributed by atoms with Crippen LogP contribution < -0.4 is 0 Å². The number of benzene rings is 1. The third-order valence-corrected chi connectivity index (χ3v) is 3.90. The molecule has 3 rings (SSSR count). The van der Waals surface area contributed by atoms with Gasteiger partial charge in [0.15, 0.2) is 5.78 Å². The summed E-state index contributed by atoms with van der Waals surface area (Å²) in [5, 5.41) is 1.74. The van der Waals surface area contributed by atoms with Crippen molar-refractivity contribution >= 4 is 46.2 Å². The molecule has 24 heavy (non-hydrogen) atoms. The Labute approximate surface area is 147 Å². The Balaban J connectivity index is 0.000000647. The normalized spacial score (nSPS) is 9.96. The quantitative estimate of drug-likeness (QED) is 0.713. The molecule has 0 unspecified atom stereocenters. The first-order valence-electron chi connectivity index (χ1n) is 6.87. The summed E-state index contributed by atoms with van der Waals surface area (Å²) in [4.78, 5) is 36.1. The van der Waals surface area contributed by atoms with Crippen LogP contribution in [0.25, 0.3) is 11.0 Å². The lowest BCUT2D eigenvalue weighted by atomic mass is 10.0. The van der Waals surface area contributed by atoms with E-state index in [1.807, 2.05) is 19.1 Å². The Hall–Kier alpha value is -2.46. The Morgan fingerprint density at radius 1 is 1.21 bits per heavy atom. The van der Waals surface area contributed by atoms with E-state index < -0.39 is 0 Å². The number of aryl methyl sites for hydroxylation is 1. The number of carbonyl (C=O) groups excluding carboxylic acids is 3. The molecule has 0 radical (unpaired) electrons. The molecule has 0 atom stereocenters. The fourth-order valence-electron chi connectivity index (χ4n) is 2.33. The second-order valence-corrected chi connectivity index (χ2v) is 5.83. The van der Waals surface area contributed by atoms with E-state index in [1.165, 1.54) is 0 Å². The van der Waals surface area contributed by atoms with Crippen molar-refractivity contribution in [3.05, 3.63) is 63.4 Å². The number of nitrogens with one attached hydrogen (secondary N) is 1. The van der Waals surface area contributed by atoms with E-state index in [1.54, 1.807) is 24.4 Å². The zero-order chi connectivity index (χ0) is 17.7. The number of aromatic nitrogens is 2. The predicted octanol–water partition coefficient (Wildman–Crippen LogP) is 4.02. The van der Waals surface area contributed by atoms with E-state index in [-0.39, 0.29) is 18.4 Å². The lowest BCUT2D eigenvalue weighted by Crippen LogP contribution is -2.05. The number of Topliss-reactive ketones (excluding diaryl/α,β-unsaturated/α-hetero) is 1. The molecule has 1 aromatic carbocycles. The third-order valence-electron chi connectivity index (χ3n) is 3.27. The van der Waals surface area contributed by atoms with Crippen LogP contribution in [0.1, 0.15) is 21.6 Å². The number of aromatic amines is 1. The van der Waals surface area contributed by atoms with Gasteiger partial charge in [0.2, 0.25) is 0 Å². The topological polar surface area (TPSA) is 79.9 Å². The van der Waals surface area contributed by atoms with Gasteiger partial charge in [-0.1, -0.05) is 29.3 Å². The number of ketones is 1. The average molecular weight is 363 g/mol. The first kappa shape index (κ1) is 17.9. The molecular formula is C17H12Cl2N2O3. The van der Waals surface area contributed by atoms with Crippen LogP contribution in [0.15, 0.2) is 36.5 Å². The standard InChI is InChI=1S/C16H12Cl2N2O.CO2/c1-9-5-11-6-10(8-19-16(11)20-9)7-14(21)15-12(17)3-2-4-13(15)18;2-1-3/h2-6,8H,7H2,1H3,(H,19,20);. The number of carbonyl (C=O) groups is 1. The van der Waals surface area contributed by atoms with Crippen molar-refractivity contribution in [1.29, 1.82) is 0 Å². The molecule has 0 spiro atoms. The first-order chi connectivity index (χ1) is 11.5. The van der Waals surface area contributed by atoms with Gasteiger partial charge in [-0.2, -0.15) is 9.59 Å². The molecule has 1 N–H and O–H groups in total. The second-order valence-electron chi connectivity index (χ2n) is 5.01. The highest BCUT2D eigenvalue weighted by molar-refractivity contribution is 6.39. The summed E-state index contributed by atoms with van der Waals surface area (Å²) in [5.74, 6) is -0.112. The van der Waals surface area contributed by atoms with Crippen LogP contribution in [0.5, 0.6) is 0 Å². The summed E-state index contributed by atoms with van der Waals surface area (Å²) in [6, 6.07) is 9.00. The van der Waals surface area contributed by atoms with Gasteiger partial charge in [0.1, 0.15) is 5.65 Å². The lowest BCUT2D eigenvalue weighted by molar-refractivity contribution is -0.191. The summed E-state index contributed by atoms with van der Waals surface area (Å²) >= 11 is 12.1. The monoisotopic (exact) mass is 362 g/mol. The Bertz CT molecular complexity index is 908. The van der Waals surface area contributed by atoms with Crippen LogP contribution >= 0.6 is 23.2 Å². The number of fused-ring (bicyclic) bond motifs is 1. The van der Waals surface area contributed by atoms with Gasteiger partial charge in [-0.15, -0.1) is 0 Å². The van der Waals surface area contributed by atoms with Crippen molar-refractivity contribution in [3.8, 4) is 0 Å². The lowest BCUT2D eigenvalue weighted by Gasteiger charge is -2.06. The number of rotatable bonds is 3. The molecule has 2 aromatic heterocycles. The van der Waals surface area contributed by atoms with Gasteiger partial charge >= 0.3 is 6.15 Å². The van der Waals surface area contributed by atoms with Gasteiger partial charge in [-0.25, -0.2) is 4.98 Å². The molecule has 0 aliphatic heterocycles. The molecule has 0 saturated carbocycles. The van der Waals surface area contributed by atoms with Gasteiger partial charge in [0, 0.05) is 23.7 Å². The van der Waals surface area contributed by atoms with E-state index in [0.29, 0.717) is 15.6 Å². The number of hydrogen-bond acceptors (Lipinski definition) is 4. The fraction of sp³-hybridized carbons (Fsp3) is 0.118. The molecule has 0 amide bonds. The minimum atomic E-state index is -0.112. The largest absolute Gasteiger partial charge is 0.373 e. The van der Waals surface area contributed by atoms with Gasteiger partial charge < -0.3 is 4.98 Å². The molecule has 7 heteroatoms. The molecule has 0 saturated heterocycles. The molecule has 2 heterocycles. The van der Waals surface area contributed by atoms with Gasteiger partial charge in [-0.05, 0) is 36.8 Å². The molecular weight excluding hydrogens is 351 g/mol. The first-order valence-corrected chi connectivity index (χ1v) is 7.62. The van der Waals surface area contributed by atoms with E-state index in [9.17, 15) is 4.79 Å². The SMILES string of the molecule is Cc1cc2cc(CC(=O)c3c(Cl)cccc3Cl)cnc2[nH]1.O=C=O. The molecule has 3 aromatic rings. The molecule has 0 bridgehead atoms.